The molecule has 0 bridgehead atoms. The van der Waals surface area contributed by atoms with Crippen molar-refractivity contribution in [1.82, 2.24) is 10.2 Å². The van der Waals surface area contributed by atoms with Gasteiger partial charge in [-0.1, -0.05) is 54.6 Å². The Labute approximate surface area is 167 Å². The molecule has 1 aliphatic carbocycles. The lowest BCUT2D eigenvalue weighted by Crippen LogP contribution is -2.23. The Morgan fingerprint density at radius 1 is 0.862 bits per heavy atom. The molecule has 2 N–H and O–H groups in total. The summed E-state index contributed by atoms with van der Waals surface area (Å²) >= 11 is 0. The van der Waals surface area contributed by atoms with Gasteiger partial charge < -0.3 is 5.32 Å². The first-order chi connectivity index (χ1) is 14.2. The van der Waals surface area contributed by atoms with E-state index in [-0.39, 0.29) is 17.4 Å². The van der Waals surface area contributed by atoms with Gasteiger partial charge in [0.25, 0.3) is 5.56 Å². The van der Waals surface area contributed by atoms with Crippen molar-refractivity contribution in [2.45, 2.75) is 12.8 Å². The Balaban J connectivity index is 1.36. The van der Waals surface area contributed by atoms with Crippen molar-refractivity contribution in [2.75, 3.05) is 5.32 Å². The fraction of sp³-hybridized carbons (Fsp3) is 0.125. The first-order valence-electron chi connectivity index (χ1n) is 9.64. The van der Waals surface area contributed by atoms with Crippen molar-refractivity contribution < 1.29 is 4.79 Å². The van der Waals surface area contributed by atoms with Gasteiger partial charge in [-0.05, 0) is 42.2 Å². The van der Waals surface area contributed by atoms with Gasteiger partial charge in [-0.2, -0.15) is 5.10 Å². The largest absolute Gasteiger partial charge is 0.326 e. The average molecular weight is 381 g/mol. The molecule has 4 aromatic rings. The van der Waals surface area contributed by atoms with Gasteiger partial charge in [-0.15, -0.1) is 0 Å². The smallest absolute Gasteiger partial charge is 0.272 e. The standard InChI is InChI=1S/C24H19N3O2/c28-23(18-13-16-5-1-2-6-17(16)14-18)25-19-11-9-15(10-12-19)22-20-7-3-4-8-21(20)24(29)27-26-22/h1-12,18H,13-14H2,(H,25,28)(H,27,29). The number of fused-ring (bicyclic) bond motifs is 2. The van der Waals surface area contributed by atoms with E-state index in [4.69, 9.17) is 0 Å². The molecule has 0 unspecified atom stereocenters. The lowest BCUT2D eigenvalue weighted by molar-refractivity contribution is -0.119. The van der Waals surface area contributed by atoms with Crippen LogP contribution in [0.3, 0.4) is 0 Å². The van der Waals surface area contributed by atoms with Crippen LogP contribution in [0.5, 0.6) is 0 Å². The van der Waals surface area contributed by atoms with Crippen LogP contribution < -0.4 is 10.9 Å². The highest BCUT2D eigenvalue weighted by Crippen LogP contribution is 2.28. The monoisotopic (exact) mass is 381 g/mol. The number of carbonyl (C=O) groups is 1. The quantitative estimate of drug-likeness (QED) is 0.564. The maximum atomic E-state index is 12.7. The number of nitrogens with one attached hydrogen (secondary N) is 2. The van der Waals surface area contributed by atoms with E-state index in [1.165, 1.54) is 11.1 Å². The van der Waals surface area contributed by atoms with Crippen LogP contribution in [0.25, 0.3) is 22.0 Å². The van der Waals surface area contributed by atoms with Crippen molar-refractivity contribution in [3.8, 4) is 11.3 Å². The molecule has 5 heteroatoms. The van der Waals surface area contributed by atoms with E-state index in [0.29, 0.717) is 11.1 Å². The summed E-state index contributed by atoms with van der Waals surface area (Å²) in [5.74, 6) is 0.0125. The molecule has 0 saturated heterocycles. The molecule has 0 atom stereocenters. The average Bonchev–Trinajstić information content (AvgIpc) is 3.20. The number of aromatic amines is 1. The molecular weight excluding hydrogens is 362 g/mol. The molecule has 0 fully saturated rings. The summed E-state index contributed by atoms with van der Waals surface area (Å²) in [6.07, 6.45) is 1.57. The second-order valence-electron chi connectivity index (χ2n) is 7.39. The first kappa shape index (κ1) is 17.4. The number of rotatable bonds is 3. The van der Waals surface area contributed by atoms with E-state index in [2.05, 4.69) is 27.6 Å². The number of anilines is 1. The number of carbonyl (C=O) groups excluding carboxylic acids is 1. The van der Waals surface area contributed by atoms with Gasteiger partial charge >= 0.3 is 0 Å². The van der Waals surface area contributed by atoms with E-state index in [9.17, 15) is 9.59 Å². The molecule has 142 valence electrons. The zero-order valence-electron chi connectivity index (χ0n) is 15.7. The van der Waals surface area contributed by atoms with Crippen molar-refractivity contribution in [1.29, 1.82) is 0 Å². The first-order valence-corrected chi connectivity index (χ1v) is 9.64. The van der Waals surface area contributed by atoms with Crippen LogP contribution in [0.4, 0.5) is 5.69 Å². The number of amides is 1. The summed E-state index contributed by atoms with van der Waals surface area (Å²) in [7, 11) is 0. The van der Waals surface area contributed by atoms with Crippen molar-refractivity contribution in [2.24, 2.45) is 5.92 Å². The molecule has 0 radical (unpaired) electrons. The molecule has 3 aromatic carbocycles. The summed E-state index contributed by atoms with van der Waals surface area (Å²) in [4.78, 5) is 24.7. The molecule has 0 saturated carbocycles. The van der Waals surface area contributed by atoms with E-state index in [0.717, 1.165) is 29.5 Å². The minimum atomic E-state index is -0.203. The summed E-state index contributed by atoms with van der Waals surface area (Å²) in [6.45, 7) is 0. The zero-order chi connectivity index (χ0) is 19.8. The van der Waals surface area contributed by atoms with Crippen molar-refractivity contribution in [3.05, 3.63) is 94.3 Å². The number of H-pyrrole nitrogens is 1. The predicted octanol–water partition coefficient (Wildman–Crippen LogP) is 3.94. The number of hydrogen-bond donors (Lipinski definition) is 2. The van der Waals surface area contributed by atoms with Crippen molar-refractivity contribution in [3.63, 3.8) is 0 Å². The lowest BCUT2D eigenvalue weighted by atomic mass is 10.0. The molecule has 0 spiro atoms. The minimum Gasteiger partial charge on any atom is -0.326 e. The second kappa shape index (κ2) is 7.02. The Bertz CT molecular complexity index is 1250. The number of hydrogen-bond acceptors (Lipinski definition) is 3. The fourth-order valence-electron chi connectivity index (χ4n) is 4.03. The molecule has 1 aromatic heterocycles. The van der Waals surface area contributed by atoms with Gasteiger partial charge in [0.15, 0.2) is 0 Å². The summed E-state index contributed by atoms with van der Waals surface area (Å²) in [5, 5.41) is 11.2. The van der Waals surface area contributed by atoms with E-state index in [1.807, 2.05) is 54.6 Å². The topological polar surface area (TPSA) is 74.8 Å². The fourth-order valence-corrected chi connectivity index (χ4v) is 4.03. The van der Waals surface area contributed by atoms with Crippen LogP contribution in [0, 0.1) is 5.92 Å². The third-order valence-electron chi connectivity index (χ3n) is 5.54. The van der Waals surface area contributed by atoms with Gasteiger partial charge in [0, 0.05) is 22.6 Å². The van der Waals surface area contributed by atoms with E-state index in [1.54, 1.807) is 6.07 Å². The lowest BCUT2D eigenvalue weighted by Gasteiger charge is -2.11. The predicted molar refractivity (Wildman–Crippen MR) is 114 cm³/mol. The zero-order valence-corrected chi connectivity index (χ0v) is 15.7. The molecule has 0 aliphatic heterocycles. The second-order valence-corrected chi connectivity index (χ2v) is 7.39. The highest BCUT2D eigenvalue weighted by molar-refractivity contribution is 5.95. The molecule has 5 nitrogen and oxygen atoms in total. The third-order valence-corrected chi connectivity index (χ3v) is 5.54. The number of benzene rings is 3. The van der Waals surface area contributed by atoms with Crippen LogP contribution >= 0.6 is 0 Å². The maximum Gasteiger partial charge on any atom is 0.272 e. The summed E-state index contributed by atoms with van der Waals surface area (Å²) in [6, 6.07) is 23.2. The Kier molecular flexibility index (Phi) is 4.21. The molecular formula is C24H19N3O2. The van der Waals surface area contributed by atoms with Crippen LogP contribution in [-0.2, 0) is 17.6 Å². The normalized spacial score (nSPS) is 13.4. The van der Waals surface area contributed by atoms with Crippen LogP contribution in [-0.4, -0.2) is 16.1 Å². The highest BCUT2D eigenvalue weighted by atomic mass is 16.2. The summed E-state index contributed by atoms with van der Waals surface area (Å²) < 4.78 is 0. The van der Waals surface area contributed by atoms with Gasteiger partial charge in [0.05, 0.1) is 11.1 Å². The van der Waals surface area contributed by atoms with Gasteiger partial charge in [0.2, 0.25) is 5.91 Å². The molecule has 1 amide bonds. The molecule has 1 aliphatic rings. The third kappa shape index (κ3) is 3.21. The van der Waals surface area contributed by atoms with Gasteiger partial charge in [-0.3, -0.25) is 9.59 Å². The molecule has 29 heavy (non-hydrogen) atoms. The maximum absolute atomic E-state index is 12.7. The molecule has 1 heterocycles. The van der Waals surface area contributed by atoms with E-state index < -0.39 is 0 Å². The Morgan fingerprint density at radius 3 is 2.17 bits per heavy atom. The van der Waals surface area contributed by atoms with E-state index >= 15 is 0 Å². The Morgan fingerprint density at radius 2 is 1.48 bits per heavy atom. The van der Waals surface area contributed by atoms with Crippen LogP contribution in [0.1, 0.15) is 11.1 Å². The number of aromatic nitrogens is 2. The van der Waals surface area contributed by atoms with Crippen LogP contribution in [0.15, 0.2) is 77.6 Å². The molecule has 5 rings (SSSR count). The summed E-state index contributed by atoms with van der Waals surface area (Å²) in [5.41, 5.74) is 4.67. The Hall–Kier alpha value is -3.73. The van der Waals surface area contributed by atoms with Crippen LogP contribution in [0.2, 0.25) is 0 Å². The highest BCUT2D eigenvalue weighted by Gasteiger charge is 2.27. The number of nitrogens with zero attached hydrogens (tertiary/aromatic N) is 1. The SMILES string of the molecule is O=C(Nc1ccc(-c2n[nH]c(=O)c3ccccc23)cc1)C1Cc2ccccc2C1. The van der Waals surface area contributed by atoms with Crippen molar-refractivity contribution >= 4 is 22.4 Å². The van der Waals surface area contributed by atoms with Gasteiger partial charge in [-0.25, -0.2) is 5.10 Å². The minimum absolute atomic E-state index is 0.0307. The van der Waals surface area contributed by atoms with Gasteiger partial charge in [0.1, 0.15) is 0 Å².